The predicted molar refractivity (Wildman–Crippen MR) is 83.0 cm³/mol. The molecule has 102 valence electrons. The van der Waals surface area contributed by atoms with Gasteiger partial charge in [-0.05, 0) is 45.3 Å². The van der Waals surface area contributed by atoms with Crippen LogP contribution in [0.1, 0.15) is 11.1 Å². The summed E-state index contributed by atoms with van der Waals surface area (Å²) >= 11 is 9.60. The summed E-state index contributed by atoms with van der Waals surface area (Å²) in [6.45, 7) is 0.617. The number of nitrogens with one attached hydrogen (secondary N) is 2. The van der Waals surface area contributed by atoms with Gasteiger partial charge in [-0.15, -0.1) is 0 Å². The van der Waals surface area contributed by atoms with Gasteiger partial charge in [-0.2, -0.15) is 0 Å². The summed E-state index contributed by atoms with van der Waals surface area (Å²) in [5.74, 6) is 0.00408. The molecule has 2 heterocycles. The van der Waals surface area contributed by atoms with Crippen LogP contribution in [0, 0.1) is 0 Å². The van der Waals surface area contributed by atoms with Crippen LogP contribution < -0.4 is 10.6 Å². The fourth-order valence-corrected chi connectivity index (χ4v) is 2.78. The van der Waals surface area contributed by atoms with Gasteiger partial charge in [0, 0.05) is 29.1 Å². The Kier molecular flexibility index (Phi) is 3.63. The number of benzene rings is 1. The first-order valence-electron chi connectivity index (χ1n) is 6.07. The number of fused-ring (bicyclic) bond motifs is 1. The molecule has 0 saturated heterocycles. The Morgan fingerprint density at radius 3 is 3.00 bits per heavy atom. The molecule has 2 N–H and O–H groups in total. The summed E-state index contributed by atoms with van der Waals surface area (Å²) in [7, 11) is 0. The number of amides is 1. The molecule has 1 aliphatic heterocycles. The van der Waals surface area contributed by atoms with Gasteiger partial charge in [-0.3, -0.25) is 9.78 Å². The van der Waals surface area contributed by atoms with Crippen LogP contribution in [-0.4, -0.2) is 10.9 Å². The van der Waals surface area contributed by atoms with Crippen molar-refractivity contribution in [2.45, 2.75) is 13.0 Å². The van der Waals surface area contributed by atoms with E-state index in [1.54, 1.807) is 18.5 Å². The molecular weight excluding hydrogens is 342 g/mol. The molecule has 1 aromatic heterocycles. The van der Waals surface area contributed by atoms with E-state index < -0.39 is 0 Å². The summed E-state index contributed by atoms with van der Waals surface area (Å²) in [5.41, 5.74) is 3.64. The number of anilines is 2. The molecule has 0 spiro atoms. The van der Waals surface area contributed by atoms with Crippen LogP contribution in [0.5, 0.6) is 0 Å². The van der Waals surface area contributed by atoms with E-state index in [0.29, 0.717) is 18.0 Å². The normalized spacial score (nSPS) is 13.0. The highest BCUT2D eigenvalue weighted by Gasteiger charge is 2.19. The van der Waals surface area contributed by atoms with Gasteiger partial charge in [0.1, 0.15) is 0 Å². The van der Waals surface area contributed by atoms with Crippen molar-refractivity contribution in [3.8, 4) is 0 Å². The molecule has 2 aromatic rings. The van der Waals surface area contributed by atoms with Crippen LogP contribution in [-0.2, 0) is 17.8 Å². The third kappa shape index (κ3) is 2.78. The van der Waals surface area contributed by atoms with Crippen LogP contribution in [0.3, 0.4) is 0 Å². The van der Waals surface area contributed by atoms with Crippen LogP contribution in [0.2, 0.25) is 5.02 Å². The molecule has 3 rings (SSSR count). The van der Waals surface area contributed by atoms with Gasteiger partial charge in [-0.1, -0.05) is 11.6 Å². The minimum absolute atomic E-state index is 0.00408. The van der Waals surface area contributed by atoms with Crippen LogP contribution in [0.15, 0.2) is 35.1 Å². The molecule has 1 aromatic carbocycles. The van der Waals surface area contributed by atoms with Gasteiger partial charge in [-0.25, -0.2) is 0 Å². The summed E-state index contributed by atoms with van der Waals surface area (Å²) in [6, 6.07) is 5.69. The number of carbonyl (C=O) groups is 1. The number of hydrogen-bond donors (Lipinski definition) is 2. The monoisotopic (exact) mass is 351 g/mol. The van der Waals surface area contributed by atoms with E-state index in [9.17, 15) is 4.79 Å². The molecular formula is C14H11BrClN3O. The zero-order valence-corrected chi connectivity index (χ0v) is 12.8. The van der Waals surface area contributed by atoms with E-state index in [2.05, 4.69) is 31.5 Å². The minimum atomic E-state index is 0.00408. The summed E-state index contributed by atoms with van der Waals surface area (Å²) in [4.78, 5) is 15.5. The molecule has 0 fully saturated rings. The highest BCUT2D eigenvalue weighted by Crippen LogP contribution is 2.33. The second-order valence-corrected chi connectivity index (χ2v) is 5.90. The topological polar surface area (TPSA) is 54.0 Å². The SMILES string of the molecule is O=C1Cc2cc(NCc3cncc(Br)c3)c(Cl)cc2N1. The molecule has 0 unspecified atom stereocenters. The average molecular weight is 353 g/mol. The first kappa shape index (κ1) is 13.4. The van der Waals surface area contributed by atoms with Gasteiger partial charge in [0.25, 0.3) is 0 Å². The Labute approximate surface area is 129 Å². The van der Waals surface area contributed by atoms with Crippen LogP contribution >= 0.6 is 27.5 Å². The minimum Gasteiger partial charge on any atom is -0.380 e. The molecule has 4 nitrogen and oxygen atoms in total. The summed E-state index contributed by atoms with van der Waals surface area (Å²) < 4.78 is 0.937. The van der Waals surface area contributed by atoms with Crippen molar-refractivity contribution in [3.05, 3.63) is 51.2 Å². The molecule has 0 radical (unpaired) electrons. The summed E-state index contributed by atoms with van der Waals surface area (Å²) in [5, 5.41) is 6.64. The lowest BCUT2D eigenvalue weighted by Gasteiger charge is -2.10. The van der Waals surface area contributed by atoms with Crippen LogP contribution in [0.4, 0.5) is 11.4 Å². The zero-order valence-electron chi connectivity index (χ0n) is 10.4. The second-order valence-electron chi connectivity index (χ2n) is 4.58. The number of hydrogen-bond acceptors (Lipinski definition) is 3. The number of nitrogens with zero attached hydrogens (tertiary/aromatic N) is 1. The fraction of sp³-hybridized carbons (Fsp3) is 0.143. The number of carbonyl (C=O) groups excluding carboxylic acids is 1. The number of rotatable bonds is 3. The van der Waals surface area contributed by atoms with E-state index in [1.165, 1.54) is 0 Å². The van der Waals surface area contributed by atoms with Crippen LogP contribution in [0.25, 0.3) is 0 Å². The molecule has 0 atom stereocenters. The first-order chi connectivity index (χ1) is 9.61. The highest BCUT2D eigenvalue weighted by molar-refractivity contribution is 9.10. The molecule has 1 amide bonds. The van der Waals surface area contributed by atoms with Gasteiger partial charge < -0.3 is 10.6 Å². The molecule has 20 heavy (non-hydrogen) atoms. The number of aromatic nitrogens is 1. The van der Waals surface area contributed by atoms with E-state index in [0.717, 1.165) is 27.0 Å². The largest absolute Gasteiger partial charge is 0.380 e. The fourth-order valence-electron chi connectivity index (χ4n) is 2.13. The smallest absolute Gasteiger partial charge is 0.228 e. The summed E-state index contributed by atoms with van der Waals surface area (Å²) in [6.07, 6.45) is 3.94. The van der Waals surface area contributed by atoms with Crippen molar-refractivity contribution < 1.29 is 4.79 Å². The Hall–Kier alpha value is -1.59. The van der Waals surface area contributed by atoms with Gasteiger partial charge in [0.05, 0.1) is 17.1 Å². The first-order valence-corrected chi connectivity index (χ1v) is 7.24. The van der Waals surface area contributed by atoms with Gasteiger partial charge >= 0.3 is 0 Å². The predicted octanol–water partition coefficient (Wildman–Crippen LogP) is 3.60. The zero-order chi connectivity index (χ0) is 14.1. The Balaban J connectivity index is 1.78. The van der Waals surface area contributed by atoms with Gasteiger partial charge in [0.15, 0.2) is 0 Å². The number of pyridine rings is 1. The average Bonchev–Trinajstić information content (AvgIpc) is 2.75. The Morgan fingerprint density at radius 1 is 1.35 bits per heavy atom. The Morgan fingerprint density at radius 2 is 2.20 bits per heavy atom. The van der Waals surface area contributed by atoms with E-state index in [4.69, 9.17) is 11.6 Å². The van der Waals surface area contributed by atoms with Crippen molar-refractivity contribution in [3.63, 3.8) is 0 Å². The highest BCUT2D eigenvalue weighted by atomic mass is 79.9. The second kappa shape index (κ2) is 5.42. The third-order valence-corrected chi connectivity index (χ3v) is 3.81. The van der Waals surface area contributed by atoms with E-state index >= 15 is 0 Å². The maximum absolute atomic E-state index is 11.4. The van der Waals surface area contributed by atoms with Crippen molar-refractivity contribution in [2.24, 2.45) is 0 Å². The lowest BCUT2D eigenvalue weighted by atomic mass is 10.1. The lowest BCUT2D eigenvalue weighted by molar-refractivity contribution is -0.115. The molecule has 6 heteroatoms. The lowest BCUT2D eigenvalue weighted by Crippen LogP contribution is -2.03. The van der Waals surface area contributed by atoms with E-state index in [1.807, 2.05) is 12.1 Å². The third-order valence-electron chi connectivity index (χ3n) is 3.06. The number of halogens is 2. The maximum atomic E-state index is 11.4. The quantitative estimate of drug-likeness (QED) is 0.887. The maximum Gasteiger partial charge on any atom is 0.228 e. The van der Waals surface area contributed by atoms with Crippen molar-refractivity contribution in [1.82, 2.24) is 4.98 Å². The van der Waals surface area contributed by atoms with E-state index in [-0.39, 0.29) is 5.91 Å². The molecule has 0 saturated carbocycles. The van der Waals surface area contributed by atoms with Gasteiger partial charge in [0.2, 0.25) is 5.91 Å². The van der Waals surface area contributed by atoms with Crippen molar-refractivity contribution in [2.75, 3.05) is 10.6 Å². The molecule has 1 aliphatic rings. The van der Waals surface area contributed by atoms with Crippen molar-refractivity contribution in [1.29, 1.82) is 0 Å². The van der Waals surface area contributed by atoms with Crippen molar-refractivity contribution >= 4 is 44.8 Å². The Bertz CT molecular complexity index is 690. The molecule has 0 bridgehead atoms. The molecule has 0 aliphatic carbocycles. The standard InChI is InChI=1S/C14H11BrClN3O/c15-10-1-8(5-17-7-10)6-18-13-2-9-3-14(20)19-12(9)4-11(13)16/h1-2,4-5,7,18H,3,6H2,(H,19,20).